The van der Waals surface area contributed by atoms with Crippen LogP contribution < -0.4 is 0 Å². The van der Waals surface area contributed by atoms with Crippen LogP contribution in [-0.2, 0) is 0 Å². The topological polar surface area (TPSA) is 0 Å². The van der Waals surface area contributed by atoms with E-state index in [1.807, 2.05) is 0 Å². The van der Waals surface area contributed by atoms with Gasteiger partial charge in [-0.05, 0) is 19.3 Å². The molecule has 0 rings (SSSR count). The van der Waals surface area contributed by atoms with Crippen LogP contribution in [0.4, 0.5) is 0 Å². The molecule has 0 aromatic heterocycles. The molecular formula is C8H16BrCl. The van der Waals surface area contributed by atoms with Crippen LogP contribution in [0.15, 0.2) is 0 Å². The third-order valence-corrected chi connectivity index (χ3v) is 2.97. The zero-order valence-electron chi connectivity index (χ0n) is 6.58. The average Bonchev–Trinajstić information content (AvgIpc) is 1.98. The van der Waals surface area contributed by atoms with E-state index in [0.29, 0.717) is 0 Å². The first kappa shape index (κ1) is 10.8. The van der Waals surface area contributed by atoms with Crippen molar-refractivity contribution in [3.05, 3.63) is 0 Å². The van der Waals surface area contributed by atoms with Crippen LogP contribution in [0.1, 0.15) is 39.0 Å². The highest BCUT2D eigenvalue weighted by atomic mass is 79.9. The molecule has 0 radical (unpaired) electrons. The number of alkyl halides is 2. The number of hydrogen-bond donors (Lipinski definition) is 0. The predicted molar refractivity (Wildman–Crippen MR) is 52.2 cm³/mol. The molecule has 0 amide bonds. The molecule has 1 unspecified atom stereocenters. The lowest BCUT2D eigenvalue weighted by atomic mass is 10.1. The Labute approximate surface area is 77.5 Å². The first-order valence-electron chi connectivity index (χ1n) is 4.01. The van der Waals surface area contributed by atoms with Crippen molar-refractivity contribution in [2.24, 2.45) is 0 Å². The van der Waals surface area contributed by atoms with E-state index in [1.54, 1.807) is 0 Å². The molecular weight excluding hydrogens is 211 g/mol. The number of hydrogen-bond acceptors (Lipinski definition) is 0. The maximum absolute atomic E-state index is 5.54. The Balaban J connectivity index is 2.89. The highest BCUT2D eigenvalue weighted by molar-refractivity contribution is 9.09. The molecule has 0 aromatic carbocycles. The van der Waals surface area contributed by atoms with Gasteiger partial charge in [0.25, 0.3) is 0 Å². The fraction of sp³-hybridized carbons (Fsp3) is 1.00. The van der Waals surface area contributed by atoms with Crippen LogP contribution in [0.5, 0.6) is 0 Å². The first-order chi connectivity index (χ1) is 4.81. The molecule has 0 heterocycles. The number of rotatable bonds is 6. The van der Waals surface area contributed by atoms with Crippen LogP contribution in [0.3, 0.4) is 0 Å². The molecule has 0 nitrogen and oxygen atoms in total. The van der Waals surface area contributed by atoms with Gasteiger partial charge < -0.3 is 0 Å². The smallest absolute Gasteiger partial charge is 0.0223 e. The lowest BCUT2D eigenvalue weighted by Crippen LogP contribution is -1.94. The van der Waals surface area contributed by atoms with Gasteiger partial charge in [-0.25, -0.2) is 0 Å². The van der Waals surface area contributed by atoms with Gasteiger partial charge in [-0.2, -0.15) is 0 Å². The van der Waals surface area contributed by atoms with Gasteiger partial charge in [-0.3, -0.25) is 0 Å². The van der Waals surface area contributed by atoms with Crippen LogP contribution in [0, 0.1) is 0 Å². The highest BCUT2D eigenvalue weighted by Gasteiger charge is 1.98. The van der Waals surface area contributed by atoms with E-state index in [-0.39, 0.29) is 0 Å². The summed E-state index contributed by atoms with van der Waals surface area (Å²) in [5, 5.41) is 0. The zero-order valence-corrected chi connectivity index (χ0v) is 8.92. The summed E-state index contributed by atoms with van der Waals surface area (Å²) in [7, 11) is 0. The molecule has 0 fully saturated rings. The Morgan fingerprint density at radius 2 is 2.00 bits per heavy atom. The van der Waals surface area contributed by atoms with E-state index in [0.717, 1.165) is 10.7 Å². The third-order valence-electron chi connectivity index (χ3n) is 1.59. The summed E-state index contributed by atoms with van der Waals surface area (Å²) in [5.41, 5.74) is 0. The van der Waals surface area contributed by atoms with Crippen LogP contribution in [0.2, 0.25) is 0 Å². The second-order valence-electron chi connectivity index (χ2n) is 2.54. The number of unbranched alkanes of at least 4 members (excludes halogenated alkanes) is 2. The Morgan fingerprint density at radius 1 is 1.30 bits per heavy atom. The van der Waals surface area contributed by atoms with E-state index in [2.05, 4.69) is 22.9 Å². The largest absolute Gasteiger partial charge is 0.127 e. The van der Waals surface area contributed by atoms with E-state index >= 15 is 0 Å². The van der Waals surface area contributed by atoms with Crippen molar-refractivity contribution in [1.29, 1.82) is 0 Å². The Morgan fingerprint density at radius 3 is 2.50 bits per heavy atom. The SMILES string of the molecule is CCC(Br)CCCCCCl. The molecule has 0 N–H and O–H groups in total. The summed E-state index contributed by atoms with van der Waals surface area (Å²) in [6.07, 6.45) is 6.31. The number of halogens is 2. The van der Waals surface area contributed by atoms with E-state index in [4.69, 9.17) is 11.6 Å². The van der Waals surface area contributed by atoms with Gasteiger partial charge in [0, 0.05) is 10.7 Å². The van der Waals surface area contributed by atoms with Gasteiger partial charge in [-0.1, -0.05) is 35.7 Å². The van der Waals surface area contributed by atoms with Gasteiger partial charge in [-0.15, -0.1) is 11.6 Å². The first-order valence-corrected chi connectivity index (χ1v) is 5.46. The molecule has 0 saturated heterocycles. The quantitative estimate of drug-likeness (QED) is 0.476. The molecule has 0 aliphatic carbocycles. The maximum Gasteiger partial charge on any atom is 0.0223 e. The average molecular weight is 228 g/mol. The highest BCUT2D eigenvalue weighted by Crippen LogP contribution is 2.13. The normalized spacial score (nSPS) is 13.5. The van der Waals surface area contributed by atoms with E-state index < -0.39 is 0 Å². The predicted octanol–water partition coefficient (Wildman–Crippen LogP) is 3.96. The molecule has 2 heteroatoms. The Kier molecular flexibility index (Phi) is 8.48. The molecule has 10 heavy (non-hydrogen) atoms. The summed E-state index contributed by atoms with van der Waals surface area (Å²) < 4.78 is 0. The van der Waals surface area contributed by atoms with Gasteiger partial charge >= 0.3 is 0 Å². The maximum atomic E-state index is 5.54. The summed E-state index contributed by atoms with van der Waals surface area (Å²) in [4.78, 5) is 0.725. The zero-order chi connectivity index (χ0) is 7.82. The van der Waals surface area contributed by atoms with Crippen molar-refractivity contribution >= 4 is 27.5 Å². The molecule has 0 aliphatic rings. The Hall–Kier alpha value is 0.770. The van der Waals surface area contributed by atoms with Crippen molar-refractivity contribution in [2.45, 2.75) is 43.9 Å². The molecule has 0 aromatic rings. The fourth-order valence-electron chi connectivity index (χ4n) is 0.841. The third kappa shape index (κ3) is 6.88. The van der Waals surface area contributed by atoms with Crippen molar-refractivity contribution in [1.82, 2.24) is 0 Å². The Bertz CT molecular complexity index is 66.3. The van der Waals surface area contributed by atoms with Crippen LogP contribution in [-0.4, -0.2) is 10.7 Å². The van der Waals surface area contributed by atoms with Crippen molar-refractivity contribution < 1.29 is 0 Å². The van der Waals surface area contributed by atoms with Gasteiger partial charge in [0.2, 0.25) is 0 Å². The molecule has 62 valence electrons. The van der Waals surface area contributed by atoms with Crippen LogP contribution in [0.25, 0.3) is 0 Å². The van der Waals surface area contributed by atoms with Gasteiger partial charge in [0.15, 0.2) is 0 Å². The lowest BCUT2D eigenvalue weighted by molar-refractivity contribution is 0.643. The van der Waals surface area contributed by atoms with E-state index in [9.17, 15) is 0 Å². The van der Waals surface area contributed by atoms with Gasteiger partial charge in [0.05, 0.1) is 0 Å². The van der Waals surface area contributed by atoms with E-state index in [1.165, 1.54) is 32.1 Å². The summed E-state index contributed by atoms with van der Waals surface area (Å²) in [6.45, 7) is 2.21. The summed E-state index contributed by atoms with van der Waals surface area (Å²) >= 11 is 9.13. The minimum Gasteiger partial charge on any atom is -0.127 e. The van der Waals surface area contributed by atoms with Gasteiger partial charge in [0.1, 0.15) is 0 Å². The second kappa shape index (κ2) is 7.87. The van der Waals surface area contributed by atoms with Crippen molar-refractivity contribution in [3.8, 4) is 0 Å². The van der Waals surface area contributed by atoms with Crippen LogP contribution >= 0.6 is 27.5 Å². The molecule has 0 aliphatic heterocycles. The van der Waals surface area contributed by atoms with Crippen molar-refractivity contribution in [2.75, 3.05) is 5.88 Å². The lowest BCUT2D eigenvalue weighted by Gasteiger charge is -2.04. The molecule has 1 atom stereocenters. The summed E-state index contributed by atoms with van der Waals surface area (Å²) in [6, 6.07) is 0. The fourth-order valence-corrected chi connectivity index (χ4v) is 1.35. The molecule has 0 bridgehead atoms. The molecule has 0 saturated carbocycles. The van der Waals surface area contributed by atoms with Crippen molar-refractivity contribution in [3.63, 3.8) is 0 Å². The molecule has 0 spiro atoms. The summed E-state index contributed by atoms with van der Waals surface area (Å²) in [5.74, 6) is 0.819. The standard InChI is InChI=1S/C8H16BrCl/c1-2-8(9)6-4-3-5-7-10/h8H,2-7H2,1H3. The monoisotopic (exact) mass is 226 g/mol. The second-order valence-corrected chi connectivity index (χ2v) is 4.22. The minimum absolute atomic E-state index is 0.725. The minimum atomic E-state index is 0.725.